The van der Waals surface area contributed by atoms with Crippen molar-refractivity contribution in [2.24, 2.45) is 5.73 Å². The zero-order valence-corrected chi connectivity index (χ0v) is 11.1. The second-order valence-electron chi connectivity index (χ2n) is 4.88. The number of aromatic nitrogens is 2. The monoisotopic (exact) mass is 261 g/mol. The Balaban J connectivity index is 2.12. The third-order valence-electron chi connectivity index (χ3n) is 3.38. The number of aryl methyl sites for hydroxylation is 1. The zero-order chi connectivity index (χ0) is 12.7. The van der Waals surface area contributed by atoms with Crippen molar-refractivity contribution in [2.75, 3.05) is 0 Å². The highest BCUT2D eigenvalue weighted by Gasteiger charge is 2.28. The first-order chi connectivity index (χ1) is 8.69. The van der Waals surface area contributed by atoms with Crippen LogP contribution in [0.2, 0.25) is 5.02 Å². The number of benzene rings is 1. The molecule has 3 nitrogen and oxygen atoms in total. The lowest BCUT2D eigenvalue weighted by Crippen LogP contribution is -2.04. The van der Waals surface area contributed by atoms with Crippen LogP contribution in [0.15, 0.2) is 24.3 Å². The maximum atomic E-state index is 6.00. The molecule has 1 aliphatic rings. The Kier molecular flexibility index (Phi) is 2.88. The number of halogens is 1. The fraction of sp³-hybridized carbons (Fsp3) is 0.357. The third-order valence-corrected chi connectivity index (χ3v) is 3.61. The molecule has 1 aromatic heterocycles. The van der Waals surface area contributed by atoms with Gasteiger partial charge in [-0.15, -0.1) is 0 Å². The van der Waals surface area contributed by atoms with Crippen LogP contribution in [0.3, 0.4) is 0 Å². The average Bonchev–Trinajstić information content (AvgIpc) is 3.10. The van der Waals surface area contributed by atoms with Crippen LogP contribution in [0.5, 0.6) is 0 Å². The molecule has 1 aliphatic carbocycles. The van der Waals surface area contributed by atoms with E-state index < -0.39 is 0 Å². The van der Waals surface area contributed by atoms with Gasteiger partial charge in [-0.3, -0.25) is 0 Å². The summed E-state index contributed by atoms with van der Waals surface area (Å²) in [4.78, 5) is 0. The standard InChI is InChI=1S/C14H16ClN3/c1-9-6-11(15)4-5-13(9)18-14(10-2-3-10)7-12(8-16)17-18/h4-7,10H,2-3,8,16H2,1H3. The molecule has 4 heteroatoms. The summed E-state index contributed by atoms with van der Waals surface area (Å²) < 4.78 is 2.03. The molecule has 0 saturated heterocycles. The summed E-state index contributed by atoms with van der Waals surface area (Å²) in [5, 5.41) is 5.36. The quantitative estimate of drug-likeness (QED) is 0.922. The minimum Gasteiger partial charge on any atom is -0.325 e. The number of nitrogens with two attached hydrogens (primary N) is 1. The van der Waals surface area contributed by atoms with Gasteiger partial charge in [0.05, 0.1) is 11.4 Å². The minimum atomic E-state index is 0.485. The van der Waals surface area contributed by atoms with Crippen molar-refractivity contribution >= 4 is 11.6 Å². The maximum Gasteiger partial charge on any atom is 0.0767 e. The molecule has 0 radical (unpaired) electrons. The van der Waals surface area contributed by atoms with Crippen LogP contribution >= 0.6 is 11.6 Å². The number of rotatable bonds is 3. The van der Waals surface area contributed by atoms with Crippen LogP contribution in [-0.2, 0) is 6.54 Å². The van der Waals surface area contributed by atoms with Gasteiger partial charge in [0.2, 0.25) is 0 Å². The Hall–Kier alpha value is -1.32. The maximum absolute atomic E-state index is 6.00. The van der Waals surface area contributed by atoms with E-state index in [0.29, 0.717) is 12.5 Å². The number of nitrogens with zero attached hydrogens (tertiary/aromatic N) is 2. The molecule has 18 heavy (non-hydrogen) atoms. The van der Waals surface area contributed by atoms with Crippen molar-refractivity contribution in [1.82, 2.24) is 9.78 Å². The molecule has 2 aromatic rings. The molecule has 1 heterocycles. The predicted octanol–water partition coefficient (Wildman–Crippen LogP) is 3.17. The Morgan fingerprint density at radius 2 is 2.17 bits per heavy atom. The molecule has 2 N–H and O–H groups in total. The van der Waals surface area contributed by atoms with E-state index >= 15 is 0 Å². The van der Waals surface area contributed by atoms with Gasteiger partial charge in [0.1, 0.15) is 0 Å². The topological polar surface area (TPSA) is 43.8 Å². The lowest BCUT2D eigenvalue weighted by Gasteiger charge is -2.10. The molecular formula is C14H16ClN3. The summed E-state index contributed by atoms with van der Waals surface area (Å²) in [7, 11) is 0. The molecular weight excluding hydrogens is 246 g/mol. The normalized spacial score (nSPS) is 15.1. The summed E-state index contributed by atoms with van der Waals surface area (Å²) in [5.41, 5.74) is 10.2. The zero-order valence-electron chi connectivity index (χ0n) is 10.4. The largest absolute Gasteiger partial charge is 0.325 e. The molecule has 0 amide bonds. The van der Waals surface area contributed by atoms with Crippen molar-refractivity contribution < 1.29 is 0 Å². The summed E-state index contributed by atoms with van der Waals surface area (Å²) in [6, 6.07) is 8.03. The molecule has 1 aromatic carbocycles. The average molecular weight is 262 g/mol. The fourth-order valence-electron chi connectivity index (χ4n) is 2.27. The molecule has 1 fully saturated rings. The van der Waals surface area contributed by atoms with Crippen LogP contribution < -0.4 is 5.73 Å². The Labute approximate surface area is 112 Å². The molecule has 94 valence electrons. The van der Waals surface area contributed by atoms with E-state index in [1.807, 2.05) is 22.9 Å². The van der Waals surface area contributed by atoms with Crippen molar-refractivity contribution in [3.05, 3.63) is 46.2 Å². The van der Waals surface area contributed by atoms with E-state index in [9.17, 15) is 0 Å². The Bertz CT molecular complexity index is 585. The first-order valence-corrected chi connectivity index (χ1v) is 6.62. The number of hydrogen-bond donors (Lipinski definition) is 1. The second kappa shape index (κ2) is 4.41. The fourth-order valence-corrected chi connectivity index (χ4v) is 2.49. The van der Waals surface area contributed by atoms with Gasteiger partial charge in [-0.05, 0) is 49.6 Å². The van der Waals surface area contributed by atoms with Crippen LogP contribution in [0, 0.1) is 6.92 Å². The van der Waals surface area contributed by atoms with E-state index in [2.05, 4.69) is 18.1 Å². The van der Waals surface area contributed by atoms with Crippen molar-refractivity contribution in [3.63, 3.8) is 0 Å². The number of hydrogen-bond acceptors (Lipinski definition) is 2. The molecule has 0 bridgehead atoms. The first-order valence-electron chi connectivity index (χ1n) is 6.24. The summed E-state index contributed by atoms with van der Waals surface area (Å²) >= 11 is 6.00. The minimum absolute atomic E-state index is 0.485. The molecule has 3 rings (SSSR count). The molecule has 0 aliphatic heterocycles. The molecule has 0 atom stereocenters. The Morgan fingerprint density at radius 1 is 1.39 bits per heavy atom. The summed E-state index contributed by atoms with van der Waals surface area (Å²) in [6.07, 6.45) is 2.50. The smallest absolute Gasteiger partial charge is 0.0767 e. The summed E-state index contributed by atoms with van der Waals surface area (Å²) in [5.74, 6) is 0.646. The first kappa shape index (κ1) is 11.8. The van der Waals surface area contributed by atoms with Crippen molar-refractivity contribution in [1.29, 1.82) is 0 Å². The highest BCUT2D eigenvalue weighted by atomic mass is 35.5. The van der Waals surface area contributed by atoms with Gasteiger partial charge in [0.15, 0.2) is 0 Å². The van der Waals surface area contributed by atoms with E-state index in [-0.39, 0.29) is 0 Å². The van der Waals surface area contributed by atoms with Crippen molar-refractivity contribution in [3.8, 4) is 5.69 Å². The second-order valence-corrected chi connectivity index (χ2v) is 5.32. The van der Waals surface area contributed by atoms with Gasteiger partial charge in [0.25, 0.3) is 0 Å². The SMILES string of the molecule is Cc1cc(Cl)ccc1-n1nc(CN)cc1C1CC1. The van der Waals surface area contributed by atoms with E-state index in [1.165, 1.54) is 18.5 Å². The summed E-state index contributed by atoms with van der Waals surface area (Å²) in [6.45, 7) is 2.54. The van der Waals surface area contributed by atoms with Crippen molar-refractivity contribution in [2.45, 2.75) is 32.2 Å². The lowest BCUT2D eigenvalue weighted by molar-refractivity contribution is 0.781. The van der Waals surface area contributed by atoms with E-state index in [4.69, 9.17) is 17.3 Å². The van der Waals surface area contributed by atoms with Gasteiger partial charge < -0.3 is 5.73 Å². The van der Waals surface area contributed by atoms with E-state index in [1.54, 1.807) is 0 Å². The van der Waals surface area contributed by atoms with Gasteiger partial charge in [-0.2, -0.15) is 5.10 Å². The van der Waals surface area contributed by atoms with Crippen LogP contribution in [-0.4, -0.2) is 9.78 Å². The third kappa shape index (κ3) is 2.04. The predicted molar refractivity (Wildman–Crippen MR) is 73.2 cm³/mol. The van der Waals surface area contributed by atoms with Gasteiger partial charge in [-0.25, -0.2) is 4.68 Å². The Morgan fingerprint density at radius 3 is 2.78 bits per heavy atom. The van der Waals surface area contributed by atoms with Gasteiger partial charge in [-0.1, -0.05) is 11.6 Å². The van der Waals surface area contributed by atoms with Gasteiger partial charge in [0, 0.05) is 23.2 Å². The van der Waals surface area contributed by atoms with Gasteiger partial charge >= 0.3 is 0 Å². The van der Waals surface area contributed by atoms with E-state index in [0.717, 1.165) is 22.0 Å². The molecule has 0 spiro atoms. The molecule has 0 unspecified atom stereocenters. The van der Waals surface area contributed by atoms with Crippen LogP contribution in [0.4, 0.5) is 0 Å². The lowest BCUT2D eigenvalue weighted by atomic mass is 10.2. The highest BCUT2D eigenvalue weighted by molar-refractivity contribution is 6.30. The molecule has 1 saturated carbocycles. The van der Waals surface area contributed by atoms with Crippen LogP contribution in [0.1, 0.15) is 35.7 Å². The highest BCUT2D eigenvalue weighted by Crippen LogP contribution is 2.41. The van der Waals surface area contributed by atoms with Crippen LogP contribution in [0.25, 0.3) is 5.69 Å².